The molecule has 5 heterocycles. The van der Waals surface area contributed by atoms with Crippen molar-refractivity contribution in [2.45, 2.75) is 18.5 Å². The fourth-order valence-electron chi connectivity index (χ4n) is 20.0. The lowest BCUT2D eigenvalue weighted by molar-refractivity contribution is -0.137. The van der Waals surface area contributed by atoms with Gasteiger partial charge in [-0.15, -0.1) is 0 Å². The van der Waals surface area contributed by atoms with Gasteiger partial charge in [0.05, 0.1) is 72.4 Å². The number of nitrogens with zero attached hydrogens (tertiary/aromatic N) is 6. The predicted octanol–water partition coefficient (Wildman–Crippen LogP) is 29.9. The van der Waals surface area contributed by atoms with Crippen LogP contribution in [0.3, 0.4) is 0 Å². The van der Waals surface area contributed by atoms with Crippen molar-refractivity contribution in [2.75, 3.05) is 0 Å². The Kier molecular flexibility index (Phi) is 15.8. The third-order valence-corrected chi connectivity index (χ3v) is 25.5. The molecule has 10 heteroatoms. The molecule has 6 nitrogen and oxygen atoms in total. The van der Waals surface area contributed by atoms with Crippen LogP contribution >= 0.6 is 0 Å². The summed E-state index contributed by atoms with van der Waals surface area (Å²) in [7, 11) is 0. The number of benzene rings is 18. The molecule has 574 valence electrons. The highest BCUT2D eigenvalue weighted by molar-refractivity contribution is 6.15. The summed E-state index contributed by atoms with van der Waals surface area (Å²) in [6, 6.07) is 137. The molecule has 24 rings (SSSR count). The highest BCUT2D eigenvalue weighted by Crippen LogP contribution is 2.50. The number of aromatic nitrogens is 5. The zero-order chi connectivity index (χ0) is 81.2. The number of halogens is 4. The van der Waals surface area contributed by atoms with Gasteiger partial charge in [0.1, 0.15) is 5.82 Å². The summed E-state index contributed by atoms with van der Waals surface area (Å²) in [6.45, 7) is 0. The Hall–Kier alpha value is -15.8. The van der Waals surface area contributed by atoms with Gasteiger partial charge in [-0.2, -0.15) is 18.4 Å². The number of nitriles is 1. The standard InChI is InChI=1S/C112H68F4N6/c113-81-57-79(72-39-47-82(48-40-72)118-102-26-10-3-19-90(102)91-20-4-11-27-103(91)118)60-86(66-81)121-108-32-16-9-25-96(108)101-63-75(44-52-110(101)121)74-43-51-109-100(62-74)95-24-8-15-31-107(95)119(109)83-45-37-71(38-46-83)78-56-80(112(114,115)116)65-85(59-78)122-106-30-14-7-23-94(106)97-50-42-76(64-111(97)122)73-41-49-89-98(87-17-1-2-18-88(87)99(89)61-73)55-68-33-35-70(36-34-68)77-53-69(67-117)54-84(58-77)120-104-28-12-5-21-92(104)93-22-6-13-29-105(93)120/h1-54,56-66,98H,55H2. The average molecular weight is 1570 g/mol. The molecule has 18 aromatic carbocycles. The topological polar surface area (TPSA) is 48.4 Å². The van der Waals surface area contributed by atoms with E-state index in [2.05, 4.69) is 316 Å². The van der Waals surface area contributed by atoms with Crippen molar-refractivity contribution >= 4 is 109 Å². The maximum Gasteiger partial charge on any atom is 0.416 e. The van der Waals surface area contributed by atoms with Crippen LogP contribution in [0, 0.1) is 17.1 Å². The van der Waals surface area contributed by atoms with Crippen molar-refractivity contribution in [3.8, 4) is 101 Å². The Morgan fingerprint density at radius 3 is 1.07 bits per heavy atom. The maximum absolute atomic E-state index is 16.2. The van der Waals surface area contributed by atoms with Gasteiger partial charge in [-0.1, -0.05) is 237 Å². The second-order valence-corrected chi connectivity index (χ2v) is 32.3. The average Bonchev–Trinajstić information content (AvgIpc) is 1.58. The first-order valence-electron chi connectivity index (χ1n) is 41.2. The number of hydrogen-bond donors (Lipinski definition) is 0. The number of alkyl halides is 3. The molecule has 5 aromatic heterocycles. The molecule has 1 atom stereocenters. The van der Waals surface area contributed by atoms with Crippen LogP contribution in [-0.4, -0.2) is 22.8 Å². The van der Waals surface area contributed by atoms with E-state index in [0.717, 1.165) is 177 Å². The predicted molar refractivity (Wildman–Crippen MR) is 492 cm³/mol. The quantitative estimate of drug-likeness (QED) is 0.112. The van der Waals surface area contributed by atoms with E-state index < -0.39 is 11.7 Å². The molecule has 122 heavy (non-hydrogen) atoms. The van der Waals surface area contributed by atoms with Gasteiger partial charge in [0, 0.05) is 88.2 Å². The highest BCUT2D eigenvalue weighted by atomic mass is 19.4. The van der Waals surface area contributed by atoms with Crippen molar-refractivity contribution < 1.29 is 17.6 Å². The van der Waals surface area contributed by atoms with E-state index in [1.165, 1.54) is 45.2 Å². The normalized spacial score (nSPS) is 12.9. The summed E-state index contributed by atoms with van der Waals surface area (Å²) < 4.78 is 74.0. The number of fused-ring (bicyclic) bond motifs is 18. The van der Waals surface area contributed by atoms with Crippen LogP contribution in [0.15, 0.2) is 394 Å². The lowest BCUT2D eigenvalue weighted by atomic mass is 9.89. The Bertz CT molecular complexity index is 8260. The molecule has 1 unspecified atom stereocenters. The Balaban J connectivity index is 0.531. The molecular weight excluding hydrogens is 1510 g/mol. The van der Waals surface area contributed by atoms with E-state index >= 15 is 17.6 Å². The van der Waals surface area contributed by atoms with Crippen LogP contribution < -0.4 is 0 Å². The zero-order valence-corrected chi connectivity index (χ0v) is 65.5. The largest absolute Gasteiger partial charge is 0.416 e. The molecule has 23 aromatic rings. The summed E-state index contributed by atoms with van der Waals surface area (Å²) in [5, 5.41) is 21.1. The van der Waals surface area contributed by atoms with Gasteiger partial charge in [-0.3, -0.25) is 0 Å². The summed E-state index contributed by atoms with van der Waals surface area (Å²) >= 11 is 0. The molecular formula is C112H68F4N6. The van der Waals surface area contributed by atoms with Crippen LogP contribution in [0.25, 0.3) is 204 Å². The van der Waals surface area contributed by atoms with E-state index in [1.54, 1.807) is 12.1 Å². The summed E-state index contributed by atoms with van der Waals surface area (Å²) in [4.78, 5) is 0. The van der Waals surface area contributed by atoms with Gasteiger partial charge in [0.2, 0.25) is 0 Å². The minimum Gasteiger partial charge on any atom is -0.309 e. The van der Waals surface area contributed by atoms with E-state index in [0.29, 0.717) is 22.4 Å². The molecule has 0 aliphatic heterocycles. The fourth-order valence-corrected chi connectivity index (χ4v) is 20.0. The zero-order valence-electron chi connectivity index (χ0n) is 65.5. The molecule has 0 fully saturated rings. The molecule has 0 amide bonds. The number of hydrogen-bond acceptors (Lipinski definition) is 1. The SMILES string of the molecule is N#Cc1cc(-c2ccc(CC3c4ccccc4-c4cc(-c5ccc6c7ccccc7n(-c7cc(-c8ccc(-n9c%10ccccc%10c%10cc(-c%11ccc%12c(c%11)c%11ccccc%11n%12-c%11cc(F)cc(-c%12ccc(-n%13c%14ccccc%14c%14ccccc%14%13)cc%12)c%11)ccc%109)cc8)cc(C(F)(F)F)c7)c6c5)ccc43)cc2)cc(-n2c3ccccc3c3ccccc32)c1. The second kappa shape index (κ2) is 27.4. The number of para-hydroxylation sites is 7. The van der Waals surface area contributed by atoms with Crippen molar-refractivity contribution in [3.05, 3.63) is 428 Å². The van der Waals surface area contributed by atoms with E-state index in [4.69, 9.17) is 0 Å². The lowest BCUT2D eigenvalue weighted by Crippen LogP contribution is -2.07. The minimum atomic E-state index is -4.66. The second-order valence-electron chi connectivity index (χ2n) is 32.3. The van der Waals surface area contributed by atoms with Crippen LogP contribution in [0.2, 0.25) is 0 Å². The van der Waals surface area contributed by atoms with Crippen molar-refractivity contribution in [1.82, 2.24) is 22.8 Å². The third-order valence-electron chi connectivity index (χ3n) is 25.5. The van der Waals surface area contributed by atoms with Crippen molar-refractivity contribution in [1.29, 1.82) is 5.26 Å². The fraction of sp³-hybridized carbons (Fsp3) is 0.0268. The van der Waals surface area contributed by atoms with Crippen molar-refractivity contribution in [3.63, 3.8) is 0 Å². The Morgan fingerprint density at radius 1 is 0.246 bits per heavy atom. The Morgan fingerprint density at radius 2 is 0.590 bits per heavy atom. The van der Waals surface area contributed by atoms with Gasteiger partial charge in [0.25, 0.3) is 0 Å². The molecule has 0 saturated carbocycles. The molecule has 1 aliphatic carbocycles. The Labute approximate surface area is 698 Å². The van der Waals surface area contributed by atoms with Crippen LogP contribution in [-0.2, 0) is 12.6 Å². The molecule has 0 saturated heterocycles. The van der Waals surface area contributed by atoms with Crippen LogP contribution in [0.4, 0.5) is 17.6 Å². The molecule has 0 spiro atoms. The van der Waals surface area contributed by atoms with Gasteiger partial charge in [-0.05, 0) is 248 Å². The summed E-state index contributed by atoms with van der Waals surface area (Å²) in [6.07, 6.45) is -3.88. The first kappa shape index (κ1) is 70.4. The first-order chi connectivity index (χ1) is 59.9. The van der Waals surface area contributed by atoms with Gasteiger partial charge in [-0.25, -0.2) is 4.39 Å². The molecule has 0 bridgehead atoms. The van der Waals surface area contributed by atoms with E-state index in [1.807, 2.05) is 83.4 Å². The van der Waals surface area contributed by atoms with Crippen LogP contribution in [0.5, 0.6) is 0 Å². The number of rotatable bonds is 12. The summed E-state index contributed by atoms with van der Waals surface area (Å²) in [5.74, 6) is -0.238. The van der Waals surface area contributed by atoms with Gasteiger partial charge < -0.3 is 22.8 Å². The van der Waals surface area contributed by atoms with Gasteiger partial charge >= 0.3 is 6.18 Å². The third kappa shape index (κ3) is 11.2. The van der Waals surface area contributed by atoms with Gasteiger partial charge in [0.15, 0.2) is 0 Å². The van der Waals surface area contributed by atoms with E-state index in [-0.39, 0.29) is 11.7 Å². The first-order valence-corrected chi connectivity index (χ1v) is 41.2. The van der Waals surface area contributed by atoms with E-state index in [9.17, 15) is 5.26 Å². The van der Waals surface area contributed by atoms with Crippen LogP contribution in [0.1, 0.15) is 33.7 Å². The maximum atomic E-state index is 16.2. The minimum absolute atomic E-state index is 0.0899. The monoisotopic (exact) mass is 1570 g/mol. The smallest absolute Gasteiger partial charge is 0.309 e. The van der Waals surface area contributed by atoms with Crippen molar-refractivity contribution in [2.24, 2.45) is 0 Å². The molecule has 1 aliphatic rings. The lowest BCUT2D eigenvalue weighted by Gasteiger charge is -2.16. The highest BCUT2D eigenvalue weighted by Gasteiger charge is 2.34. The molecule has 0 N–H and O–H groups in total. The summed E-state index contributed by atoms with van der Waals surface area (Å²) in [5.41, 5.74) is 28.5. The molecule has 0 radical (unpaired) electrons.